The minimum Gasteiger partial charge on any atom is -0.481 e. The summed E-state index contributed by atoms with van der Waals surface area (Å²) in [5.74, 6) is -1.22. The van der Waals surface area contributed by atoms with Gasteiger partial charge < -0.3 is 10.0 Å². The summed E-state index contributed by atoms with van der Waals surface area (Å²) in [5.41, 5.74) is 0.878. The molecule has 0 aliphatic carbocycles. The second kappa shape index (κ2) is 4.83. The van der Waals surface area contributed by atoms with E-state index in [0.29, 0.717) is 19.4 Å². The molecule has 0 aromatic carbocycles. The fraction of sp³-hybridized carbons (Fsp3) is 0.417. The van der Waals surface area contributed by atoms with Crippen molar-refractivity contribution >= 4 is 11.7 Å². The van der Waals surface area contributed by atoms with Crippen molar-refractivity contribution < 1.29 is 9.90 Å². The zero-order valence-corrected chi connectivity index (χ0v) is 9.28. The molecule has 0 spiro atoms. The Morgan fingerprint density at radius 3 is 3.06 bits per heavy atom. The Balaban J connectivity index is 2.16. The van der Waals surface area contributed by atoms with E-state index in [2.05, 4.69) is 11.1 Å². The molecule has 0 bridgehead atoms. The largest absolute Gasteiger partial charge is 0.481 e. The molecule has 17 heavy (non-hydrogen) atoms. The van der Waals surface area contributed by atoms with Crippen molar-refractivity contribution in [1.29, 1.82) is 5.26 Å². The van der Waals surface area contributed by atoms with Gasteiger partial charge in [-0.25, -0.2) is 0 Å². The van der Waals surface area contributed by atoms with Crippen LogP contribution in [0, 0.1) is 17.2 Å². The van der Waals surface area contributed by atoms with Gasteiger partial charge in [0.1, 0.15) is 6.04 Å². The number of carbonyl (C=O) groups is 1. The summed E-state index contributed by atoms with van der Waals surface area (Å²) in [7, 11) is 0. The number of aliphatic carboxylic acids is 1. The Morgan fingerprint density at radius 2 is 2.47 bits per heavy atom. The molecule has 1 aliphatic heterocycles. The smallest absolute Gasteiger partial charge is 0.306 e. The van der Waals surface area contributed by atoms with Crippen molar-refractivity contribution in [3.8, 4) is 6.07 Å². The van der Waals surface area contributed by atoms with Crippen LogP contribution in [0.25, 0.3) is 0 Å². The number of pyridine rings is 1. The Morgan fingerprint density at radius 1 is 1.65 bits per heavy atom. The van der Waals surface area contributed by atoms with Gasteiger partial charge in [0.2, 0.25) is 0 Å². The van der Waals surface area contributed by atoms with E-state index in [1.165, 1.54) is 0 Å². The quantitative estimate of drug-likeness (QED) is 0.829. The van der Waals surface area contributed by atoms with E-state index in [0.717, 1.165) is 5.69 Å². The van der Waals surface area contributed by atoms with Crippen LogP contribution in [-0.4, -0.2) is 28.6 Å². The zero-order valence-electron chi connectivity index (χ0n) is 9.28. The highest BCUT2D eigenvalue weighted by Gasteiger charge is 2.32. The monoisotopic (exact) mass is 231 g/mol. The van der Waals surface area contributed by atoms with E-state index >= 15 is 0 Å². The van der Waals surface area contributed by atoms with Gasteiger partial charge in [0, 0.05) is 12.7 Å². The Bertz CT molecular complexity index is 441. The number of nitrogens with zero attached hydrogens (tertiary/aromatic N) is 3. The van der Waals surface area contributed by atoms with E-state index in [1.54, 1.807) is 12.4 Å². The van der Waals surface area contributed by atoms with Crippen LogP contribution in [0.3, 0.4) is 0 Å². The van der Waals surface area contributed by atoms with Crippen molar-refractivity contribution in [2.45, 2.75) is 18.9 Å². The lowest BCUT2D eigenvalue weighted by molar-refractivity contribution is -0.142. The first-order valence-corrected chi connectivity index (χ1v) is 5.51. The third-order valence-corrected chi connectivity index (χ3v) is 3.08. The average molecular weight is 231 g/mol. The summed E-state index contributed by atoms with van der Waals surface area (Å²) >= 11 is 0. The van der Waals surface area contributed by atoms with Crippen molar-refractivity contribution in [2.24, 2.45) is 5.92 Å². The molecule has 2 atom stereocenters. The molecule has 1 N–H and O–H groups in total. The molecule has 0 amide bonds. The lowest BCUT2D eigenvalue weighted by Gasteiger charge is -2.35. The number of aromatic nitrogens is 1. The number of hydrogen-bond acceptors (Lipinski definition) is 4. The van der Waals surface area contributed by atoms with Crippen molar-refractivity contribution in [1.82, 2.24) is 4.98 Å². The predicted molar refractivity (Wildman–Crippen MR) is 61.3 cm³/mol. The summed E-state index contributed by atoms with van der Waals surface area (Å²) in [6.07, 6.45) is 4.32. The van der Waals surface area contributed by atoms with Crippen LogP contribution in [0.5, 0.6) is 0 Å². The molecule has 1 aliphatic rings. The summed E-state index contributed by atoms with van der Waals surface area (Å²) < 4.78 is 0. The molecular weight excluding hydrogens is 218 g/mol. The lowest BCUT2D eigenvalue weighted by atomic mass is 9.91. The third kappa shape index (κ3) is 2.36. The maximum Gasteiger partial charge on any atom is 0.306 e. The highest BCUT2D eigenvalue weighted by molar-refractivity contribution is 5.70. The maximum atomic E-state index is 10.9. The second-order valence-corrected chi connectivity index (χ2v) is 4.11. The number of carboxylic acid groups (broad SMARTS) is 1. The standard InChI is InChI=1S/C12H13N3O2/c13-7-11-6-9(12(16)17)3-5-15(11)10-2-1-4-14-8-10/h1-2,4,8-9,11H,3,5-6H2,(H,16,17). The maximum absolute atomic E-state index is 10.9. The number of nitriles is 1. The molecule has 0 radical (unpaired) electrons. The number of rotatable bonds is 2. The molecule has 5 heteroatoms. The van der Waals surface area contributed by atoms with E-state index in [1.807, 2.05) is 17.0 Å². The van der Waals surface area contributed by atoms with E-state index in [9.17, 15) is 4.79 Å². The molecular formula is C12H13N3O2. The molecule has 1 fully saturated rings. The van der Waals surface area contributed by atoms with E-state index in [-0.39, 0.29) is 6.04 Å². The second-order valence-electron chi connectivity index (χ2n) is 4.11. The van der Waals surface area contributed by atoms with Crippen molar-refractivity contribution in [3.63, 3.8) is 0 Å². The molecule has 2 rings (SSSR count). The topological polar surface area (TPSA) is 77.2 Å². The number of carboxylic acids is 1. The molecule has 88 valence electrons. The van der Waals surface area contributed by atoms with Gasteiger partial charge in [0.25, 0.3) is 0 Å². The van der Waals surface area contributed by atoms with Crippen LogP contribution in [-0.2, 0) is 4.79 Å². The Hall–Kier alpha value is -2.09. The van der Waals surface area contributed by atoms with Crippen molar-refractivity contribution in [2.75, 3.05) is 11.4 Å². The summed E-state index contributed by atoms with van der Waals surface area (Å²) in [4.78, 5) is 16.9. The molecule has 1 aromatic rings. The molecule has 2 heterocycles. The van der Waals surface area contributed by atoms with Gasteiger partial charge in [-0.15, -0.1) is 0 Å². The first-order chi connectivity index (χ1) is 8.22. The average Bonchev–Trinajstić information content (AvgIpc) is 2.39. The first kappa shape index (κ1) is 11.4. The number of piperidine rings is 1. The van der Waals surface area contributed by atoms with E-state index < -0.39 is 11.9 Å². The van der Waals surface area contributed by atoms with Gasteiger partial charge in [-0.05, 0) is 25.0 Å². The van der Waals surface area contributed by atoms with Crippen LogP contribution >= 0.6 is 0 Å². The molecule has 1 saturated heterocycles. The molecule has 2 unspecified atom stereocenters. The molecule has 1 aromatic heterocycles. The lowest BCUT2D eigenvalue weighted by Crippen LogP contribution is -2.43. The van der Waals surface area contributed by atoms with Gasteiger partial charge in [0.15, 0.2) is 0 Å². The van der Waals surface area contributed by atoms with Crippen LogP contribution in [0.1, 0.15) is 12.8 Å². The van der Waals surface area contributed by atoms with Gasteiger partial charge in [0.05, 0.1) is 23.9 Å². The van der Waals surface area contributed by atoms with Gasteiger partial charge in [-0.2, -0.15) is 5.26 Å². The molecule has 5 nitrogen and oxygen atoms in total. The zero-order chi connectivity index (χ0) is 12.3. The van der Waals surface area contributed by atoms with Crippen LogP contribution < -0.4 is 4.90 Å². The summed E-state index contributed by atoms with van der Waals surface area (Å²) in [6, 6.07) is 5.49. The minimum absolute atomic E-state index is 0.376. The minimum atomic E-state index is -0.809. The van der Waals surface area contributed by atoms with Crippen molar-refractivity contribution in [3.05, 3.63) is 24.5 Å². The van der Waals surface area contributed by atoms with Crippen LogP contribution in [0.2, 0.25) is 0 Å². The predicted octanol–water partition coefficient (Wildman–Crippen LogP) is 1.27. The Kier molecular flexibility index (Phi) is 3.24. The highest BCUT2D eigenvalue weighted by atomic mass is 16.4. The van der Waals surface area contributed by atoms with E-state index in [4.69, 9.17) is 10.4 Å². The Labute approximate surface area is 99.3 Å². The first-order valence-electron chi connectivity index (χ1n) is 5.51. The third-order valence-electron chi connectivity index (χ3n) is 3.08. The number of hydrogen-bond donors (Lipinski definition) is 1. The van der Waals surface area contributed by atoms with Gasteiger partial charge >= 0.3 is 5.97 Å². The normalized spacial score (nSPS) is 24.1. The van der Waals surface area contributed by atoms with Gasteiger partial charge in [-0.1, -0.05) is 0 Å². The SMILES string of the molecule is N#CC1CC(C(=O)O)CCN1c1cccnc1. The summed E-state index contributed by atoms with van der Waals surface area (Å²) in [6.45, 7) is 0.584. The van der Waals surface area contributed by atoms with Crippen LogP contribution in [0.4, 0.5) is 5.69 Å². The fourth-order valence-electron chi connectivity index (χ4n) is 2.14. The van der Waals surface area contributed by atoms with Crippen LogP contribution in [0.15, 0.2) is 24.5 Å². The highest BCUT2D eigenvalue weighted by Crippen LogP contribution is 2.27. The summed E-state index contributed by atoms with van der Waals surface area (Å²) in [5, 5.41) is 18.1. The fourth-order valence-corrected chi connectivity index (χ4v) is 2.14. The number of anilines is 1. The van der Waals surface area contributed by atoms with Gasteiger partial charge in [-0.3, -0.25) is 9.78 Å². The molecule has 0 saturated carbocycles.